The highest BCUT2D eigenvalue weighted by molar-refractivity contribution is 5.88. The van der Waals surface area contributed by atoms with Crippen LogP contribution in [0.2, 0.25) is 0 Å². The van der Waals surface area contributed by atoms with Gasteiger partial charge in [-0.15, -0.1) is 0 Å². The molecule has 0 radical (unpaired) electrons. The second-order valence-electron chi connectivity index (χ2n) is 5.24. The fourth-order valence-corrected chi connectivity index (χ4v) is 2.87. The number of aryl methyl sites for hydroxylation is 2. The minimum Gasteiger partial charge on any atom is -0.507 e. The average molecular weight is 290 g/mol. The lowest BCUT2D eigenvalue weighted by Gasteiger charge is -2.19. The third kappa shape index (κ3) is 1.76. The van der Waals surface area contributed by atoms with E-state index in [1.807, 2.05) is 0 Å². The van der Waals surface area contributed by atoms with Crippen LogP contribution in [0.15, 0.2) is 21.3 Å². The molecule has 0 unspecified atom stereocenters. The number of phenolic OH excluding ortho intramolecular Hbond substituents is 1. The number of methoxy groups -OCH3 is 1. The second-order valence-corrected chi connectivity index (χ2v) is 5.24. The van der Waals surface area contributed by atoms with Crippen molar-refractivity contribution in [2.75, 3.05) is 7.11 Å². The molecule has 2 aromatic rings. The first kappa shape index (κ1) is 13.6. The summed E-state index contributed by atoms with van der Waals surface area (Å²) in [6, 6.07) is 3.06. The van der Waals surface area contributed by atoms with Crippen molar-refractivity contribution in [1.29, 1.82) is 0 Å². The van der Waals surface area contributed by atoms with Crippen molar-refractivity contribution >= 4 is 16.9 Å². The first-order valence-corrected chi connectivity index (χ1v) is 6.49. The van der Waals surface area contributed by atoms with Gasteiger partial charge in [0.05, 0.1) is 12.7 Å². The molecule has 1 aliphatic carbocycles. The third-order valence-corrected chi connectivity index (χ3v) is 3.84. The number of carbonyl (C=O) groups excluding carboxylic acids is 1. The molecule has 1 aliphatic rings. The summed E-state index contributed by atoms with van der Waals surface area (Å²) >= 11 is 0. The van der Waals surface area contributed by atoms with E-state index in [1.54, 1.807) is 13.0 Å². The minimum atomic E-state index is -2.02. The van der Waals surface area contributed by atoms with Crippen LogP contribution in [0.25, 0.3) is 11.0 Å². The first-order valence-electron chi connectivity index (χ1n) is 6.49. The van der Waals surface area contributed by atoms with E-state index in [9.17, 15) is 19.8 Å². The highest BCUT2D eigenvalue weighted by Gasteiger charge is 2.48. The van der Waals surface area contributed by atoms with E-state index in [1.165, 1.54) is 6.07 Å². The van der Waals surface area contributed by atoms with Gasteiger partial charge in [-0.2, -0.15) is 0 Å². The molecule has 0 saturated heterocycles. The molecule has 0 fully saturated rings. The number of fused-ring (bicyclic) bond motifs is 2. The molecule has 2 N–H and O–H groups in total. The molecule has 0 aliphatic heterocycles. The van der Waals surface area contributed by atoms with Gasteiger partial charge in [-0.1, -0.05) is 0 Å². The fraction of sp³-hybridized carbons (Fsp3) is 0.333. The molecule has 21 heavy (non-hydrogen) atoms. The Kier molecular flexibility index (Phi) is 2.81. The molecular weight excluding hydrogens is 276 g/mol. The predicted molar refractivity (Wildman–Crippen MR) is 73.1 cm³/mol. The van der Waals surface area contributed by atoms with Gasteiger partial charge in [0.15, 0.2) is 5.60 Å². The van der Waals surface area contributed by atoms with Gasteiger partial charge in [-0.3, -0.25) is 4.79 Å². The molecule has 1 aromatic heterocycles. The first-order chi connectivity index (χ1) is 9.88. The van der Waals surface area contributed by atoms with Crippen molar-refractivity contribution in [2.24, 2.45) is 0 Å². The quantitative estimate of drug-likeness (QED) is 0.764. The van der Waals surface area contributed by atoms with Crippen LogP contribution in [-0.4, -0.2) is 23.3 Å². The highest BCUT2D eigenvalue weighted by atomic mass is 16.5. The maximum atomic E-state index is 12.6. The maximum absolute atomic E-state index is 12.6. The molecular formula is C15H14O6. The van der Waals surface area contributed by atoms with Crippen molar-refractivity contribution in [1.82, 2.24) is 0 Å². The van der Waals surface area contributed by atoms with Crippen molar-refractivity contribution < 1.29 is 24.2 Å². The molecule has 1 aromatic carbocycles. The lowest BCUT2D eigenvalue weighted by Crippen LogP contribution is -2.38. The van der Waals surface area contributed by atoms with Crippen molar-refractivity contribution in [3.8, 4) is 5.75 Å². The van der Waals surface area contributed by atoms with Crippen LogP contribution >= 0.6 is 0 Å². The van der Waals surface area contributed by atoms with Gasteiger partial charge in [-0.25, -0.2) is 4.79 Å². The zero-order valence-electron chi connectivity index (χ0n) is 11.6. The molecule has 3 rings (SSSR count). The van der Waals surface area contributed by atoms with E-state index in [0.29, 0.717) is 0 Å². The van der Waals surface area contributed by atoms with Gasteiger partial charge in [0, 0.05) is 6.42 Å². The standard InChI is InChI=1S/C15H14O6/c1-7-5-8(16)11-10(6-7)21-9-3-4-15(19,14(18)20-2)12(9)13(11)17/h5-6,16,19H,3-4H2,1-2H3/t15-/m1/s1. The third-order valence-electron chi connectivity index (χ3n) is 3.84. The molecule has 1 atom stereocenters. The Labute approximate surface area is 119 Å². The highest BCUT2D eigenvalue weighted by Crippen LogP contribution is 2.38. The van der Waals surface area contributed by atoms with Crippen LogP contribution in [0.4, 0.5) is 0 Å². The van der Waals surface area contributed by atoms with Gasteiger partial charge in [0.1, 0.15) is 22.5 Å². The van der Waals surface area contributed by atoms with Crippen LogP contribution in [-0.2, 0) is 21.6 Å². The van der Waals surface area contributed by atoms with Crippen molar-refractivity contribution in [3.63, 3.8) is 0 Å². The summed E-state index contributed by atoms with van der Waals surface area (Å²) in [7, 11) is 1.14. The summed E-state index contributed by atoms with van der Waals surface area (Å²) in [5.41, 5.74) is -1.78. The summed E-state index contributed by atoms with van der Waals surface area (Å²) in [5, 5.41) is 20.4. The molecule has 110 valence electrons. The van der Waals surface area contributed by atoms with Crippen molar-refractivity contribution in [2.45, 2.75) is 25.4 Å². The van der Waals surface area contributed by atoms with Gasteiger partial charge in [0.25, 0.3) is 0 Å². The van der Waals surface area contributed by atoms with Gasteiger partial charge in [-0.05, 0) is 31.0 Å². The molecule has 0 amide bonds. The average Bonchev–Trinajstić information content (AvgIpc) is 2.76. The van der Waals surface area contributed by atoms with Crippen molar-refractivity contribution in [3.05, 3.63) is 39.2 Å². The Morgan fingerprint density at radius 1 is 1.43 bits per heavy atom. The molecule has 0 saturated carbocycles. The SMILES string of the molecule is COC(=O)[C@@]1(O)CCc2oc3cc(C)cc(O)c3c(=O)c21. The van der Waals surface area contributed by atoms with E-state index in [-0.39, 0.29) is 40.9 Å². The normalized spacial score (nSPS) is 20.5. The number of hydrogen-bond donors (Lipinski definition) is 2. The number of rotatable bonds is 1. The Morgan fingerprint density at radius 2 is 2.14 bits per heavy atom. The number of aliphatic hydroxyl groups is 1. The zero-order valence-corrected chi connectivity index (χ0v) is 11.6. The van der Waals surface area contributed by atoms with E-state index in [4.69, 9.17) is 4.42 Å². The van der Waals surface area contributed by atoms with Crippen LogP contribution in [0.3, 0.4) is 0 Å². The zero-order chi connectivity index (χ0) is 15.4. The number of hydrogen-bond acceptors (Lipinski definition) is 6. The molecule has 6 heteroatoms. The molecule has 0 bridgehead atoms. The lowest BCUT2D eigenvalue weighted by molar-refractivity contribution is -0.163. The summed E-state index contributed by atoms with van der Waals surface area (Å²) < 4.78 is 10.2. The molecule has 1 heterocycles. The molecule has 6 nitrogen and oxygen atoms in total. The minimum absolute atomic E-state index is 0.0177. The largest absolute Gasteiger partial charge is 0.507 e. The predicted octanol–water partition coefficient (Wildman–Crippen LogP) is 1.11. The monoisotopic (exact) mass is 290 g/mol. The Morgan fingerprint density at radius 3 is 2.81 bits per heavy atom. The van der Waals surface area contributed by atoms with Gasteiger partial charge in [0.2, 0.25) is 5.43 Å². The summed E-state index contributed by atoms with van der Waals surface area (Å²) in [6.07, 6.45) is 0.268. The smallest absolute Gasteiger partial charge is 0.342 e. The fourth-order valence-electron chi connectivity index (χ4n) is 2.87. The van der Waals surface area contributed by atoms with Crippen LogP contribution in [0, 0.1) is 6.92 Å². The van der Waals surface area contributed by atoms with Gasteiger partial charge >= 0.3 is 5.97 Å². The lowest BCUT2D eigenvalue weighted by atomic mass is 9.95. The Balaban J connectivity index is 2.39. The topological polar surface area (TPSA) is 97.0 Å². The number of esters is 1. The number of aromatic hydroxyl groups is 1. The summed E-state index contributed by atoms with van der Waals surface area (Å²) in [4.78, 5) is 24.4. The van der Waals surface area contributed by atoms with E-state index in [0.717, 1.165) is 12.7 Å². The van der Waals surface area contributed by atoms with Crippen LogP contribution in [0.5, 0.6) is 5.75 Å². The Bertz CT molecular complexity index is 819. The second kappa shape index (κ2) is 4.33. The Hall–Kier alpha value is -2.34. The summed E-state index contributed by atoms with van der Waals surface area (Å²) in [5.74, 6) is -0.884. The van der Waals surface area contributed by atoms with Gasteiger partial charge < -0.3 is 19.4 Å². The van der Waals surface area contributed by atoms with E-state index >= 15 is 0 Å². The van der Waals surface area contributed by atoms with Crippen LogP contribution < -0.4 is 5.43 Å². The van der Waals surface area contributed by atoms with E-state index in [2.05, 4.69) is 4.74 Å². The number of benzene rings is 1. The van der Waals surface area contributed by atoms with Crippen LogP contribution in [0.1, 0.15) is 23.3 Å². The number of phenols is 1. The maximum Gasteiger partial charge on any atom is 0.342 e. The number of carbonyl (C=O) groups is 1. The summed E-state index contributed by atoms with van der Waals surface area (Å²) in [6.45, 7) is 1.76. The van der Waals surface area contributed by atoms with E-state index < -0.39 is 17.0 Å². The number of ether oxygens (including phenoxy) is 1. The molecule has 0 spiro atoms.